The summed E-state index contributed by atoms with van der Waals surface area (Å²) in [7, 11) is 2.08. The fraction of sp³-hybridized carbons (Fsp3) is 0.538. The number of benzene rings is 1. The van der Waals surface area contributed by atoms with Gasteiger partial charge in [-0.25, -0.2) is 4.39 Å². The van der Waals surface area contributed by atoms with Crippen LogP contribution in [0.25, 0.3) is 0 Å². The molecule has 5 nitrogen and oxygen atoms in total. The first-order valence-corrected chi connectivity index (χ1v) is 6.42. The Kier molecular flexibility index (Phi) is 4.31. The van der Waals surface area contributed by atoms with Gasteiger partial charge in [0, 0.05) is 18.7 Å². The van der Waals surface area contributed by atoms with Crippen LogP contribution < -0.4 is 5.32 Å². The number of nitro benzene ring substituents is 1. The third-order valence-electron chi connectivity index (χ3n) is 3.57. The summed E-state index contributed by atoms with van der Waals surface area (Å²) in [6, 6.07) is 3.50. The summed E-state index contributed by atoms with van der Waals surface area (Å²) in [5.41, 5.74) is 0.193. The summed E-state index contributed by atoms with van der Waals surface area (Å²) in [6.45, 7) is 2.73. The normalized spacial score (nSPS) is 17.4. The van der Waals surface area contributed by atoms with Gasteiger partial charge in [0.05, 0.1) is 4.92 Å². The number of hydrogen-bond acceptors (Lipinski definition) is 4. The minimum Gasteiger partial charge on any atom is -0.379 e. The van der Waals surface area contributed by atoms with E-state index in [1.54, 1.807) is 0 Å². The summed E-state index contributed by atoms with van der Waals surface area (Å²) in [5, 5.41) is 13.9. The van der Waals surface area contributed by atoms with Crippen molar-refractivity contribution < 1.29 is 9.31 Å². The van der Waals surface area contributed by atoms with Crippen LogP contribution in [0.3, 0.4) is 0 Å². The molecule has 0 aromatic heterocycles. The molecule has 2 rings (SSSR count). The van der Waals surface area contributed by atoms with Gasteiger partial charge in [-0.15, -0.1) is 0 Å². The molecule has 1 aliphatic heterocycles. The molecule has 0 atom stereocenters. The molecule has 1 aromatic carbocycles. The lowest BCUT2D eigenvalue weighted by atomic mass is 9.97. The molecule has 0 radical (unpaired) electrons. The average Bonchev–Trinajstić information content (AvgIpc) is 2.38. The molecule has 1 saturated heterocycles. The Bertz CT molecular complexity index is 459. The summed E-state index contributed by atoms with van der Waals surface area (Å²) >= 11 is 0. The molecule has 1 fully saturated rings. The second-order valence-electron chi connectivity index (χ2n) is 5.05. The quantitative estimate of drug-likeness (QED) is 0.672. The highest BCUT2D eigenvalue weighted by atomic mass is 19.1. The zero-order valence-electron chi connectivity index (χ0n) is 10.9. The van der Waals surface area contributed by atoms with Gasteiger partial charge in [-0.3, -0.25) is 10.1 Å². The van der Waals surface area contributed by atoms with E-state index in [2.05, 4.69) is 17.3 Å². The van der Waals surface area contributed by atoms with E-state index in [9.17, 15) is 14.5 Å². The third-order valence-corrected chi connectivity index (χ3v) is 3.57. The predicted molar refractivity (Wildman–Crippen MR) is 71.8 cm³/mol. The van der Waals surface area contributed by atoms with Crippen molar-refractivity contribution in [1.29, 1.82) is 0 Å². The molecule has 1 aromatic rings. The van der Waals surface area contributed by atoms with Crippen LogP contribution in [0.15, 0.2) is 18.2 Å². The van der Waals surface area contributed by atoms with Crippen molar-refractivity contribution in [3.8, 4) is 0 Å². The summed E-state index contributed by atoms with van der Waals surface area (Å²) in [4.78, 5) is 12.6. The van der Waals surface area contributed by atoms with Crippen molar-refractivity contribution in [2.75, 3.05) is 32.0 Å². The monoisotopic (exact) mass is 267 g/mol. The van der Waals surface area contributed by atoms with Crippen LogP contribution in [0, 0.1) is 21.8 Å². The Balaban J connectivity index is 1.98. The molecule has 0 bridgehead atoms. The van der Waals surface area contributed by atoms with Crippen LogP contribution >= 0.6 is 0 Å². The van der Waals surface area contributed by atoms with E-state index in [1.807, 2.05) is 0 Å². The van der Waals surface area contributed by atoms with E-state index >= 15 is 0 Å². The average molecular weight is 267 g/mol. The maximum absolute atomic E-state index is 13.2. The molecule has 0 spiro atoms. The number of nitro groups is 1. The zero-order chi connectivity index (χ0) is 13.8. The minimum atomic E-state index is -0.490. The standard InChI is InChI=1S/C13H18FN3O2/c1-16-6-4-10(5-7-16)9-15-12-8-11(14)2-3-13(12)17(18)19/h2-3,8,10,15H,4-7,9H2,1H3. The number of rotatable bonds is 4. The number of hydrogen-bond donors (Lipinski definition) is 1. The maximum Gasteiger partial charge on any atom is 0.292 e. The number of likely N-dealkylation sites (tertiary alicyclic amines) is 1. The third kappa shape index (κ3) is 3.64. The number of halogens is 1. The minimum absolute atomic E-state index is 0.0747. The Labute approximate surface area is 111 Å². The Morgan fingerprint density at radius 2 is 2.16 bits per heavy atom. The molecule has 1 heterocycles. The van der Waals surface area contributed by atoms with Crippen molar-refractivity contribution in [2.45, 2.75) is 12.8 Å². The highest BCUT2D eigenvalue weighted by Crippen LogP contribution is 2.26. The summed E-state index contributed by atoms with van der Waals surface area (Å²) in [5.74, 6) is 0.0237. The van der Waals surface area contributed by atoms with E-state index in [4.69, 9.17) is 0 Å². The highest BCUT2D eigenvalue weighted by Gasteiger charge is 2.19. The molecule has 19 heavy (non-hydrogen) atoms. The SMILES string of the molecule is CN1CCC(CNc2cc(F)ccc2[N+](=O)[O-])CC1. The summed E-state index contributed by atoms with van der Waals surface area (Å²) < 4.78 is 13.2. The lowest BCUT2D eigenvalue weighted by molar-refractivity contribution is -0.384. The molecule has 1 N–H and O–H groups in total. The van der Waals surface area contributed by atoms with E-state index in [-0.39, 0.29) is 11.4 Å². The predicted octanol–water partition coefficient (Wildman–Crippen LogP) is 2.49. The summed E-state index contributed by atoms with van der Waals surface area (Å²) in [6.07, 6.45) is 2.12. The van der Waals surface area contributed by atoms with Gasteiger partial charge >= 0.3 is 0 Å². The number of nitrogens with zero attached hydrogens (tertiary/aromatic N) is 2. The smallest absolute Gasteiger partial charge is 0.292 e. The number of nitrogens with one attached hydrogen (secondary N) is 1. The van der Waals surface area contributed by atoms with Gasteiger partial charge in [-0.05, 0) is 45.0 Å². The molecule has 104 valence electrons. The maximum atomic E-state index is 13.2. The van der Waals surface area contributed by atoms with Crippen LogP contribution in [0.1, 0.15) is 12.8 Å². The van der Waals surface area contributed by atoms with Crippen LogP contribution in [-0.2, 0) is 0 Å². The first-order chi connectivity index (χ1) is 9.06. The van der Waals surface area contributed by atoms with Gasteiger partial charge in [0.1, 0.15) is 11.5 Å². The van der Waals surface area contributed by atoms with Gasteiger partial charge in [-0.2, -0.15) is 0 Å². The van der Waals surface area contributed by atoms with E-state index in [1.165, 1.54) is 12.1 Å². The molecule has 0 unspecified atom stereocenters. The molecular formula is C13H18FN3O2. The van der Waals surface area contributed by atoms with Crippen molar-refractivity contribution in [3.63, 3.8) is 0 Å². The zero-order valence-corrected chi connectivity index (χ0v) is 10.9. The van der Waals surface area contributed by atoms with Crippen LogP contribution in [0.4, 0.5) is 15.8 Å². The topological polar surface area (TPSA) is 58.4 Å². The first-order valence-electron chi connectivity index (χ1n) is 6.42. The van der Waals surface area contributed by atoms with Gasteiger partial charge in [0.25, 0.3) is 5.69 Å². The lowest BCUT2D eigenvalue weighted by Gasteiger charge is -2.29. The van der Waals surface area contributed by atoms with Crippen molar-refractivity contribution >= 4 is 11.4 Å². The number of anilines is 1. The van der Waals surface area contributed by atoms with E-state index in [0.29, 0.717) is 12.5 Å². The van der Waals surface area contributed by atoms with E-state index < -0.39 is 10.7 Å². The fourth-order valence-electron chi connectivity index (χ4n) is 2.33. The fourth-order valence-corrected chi connectivity index (χ4v) is 2.33. The van der Waals surface area contributed by atoms with Crippen molar-refractivity contribution in [1.82, 2.24) is 4.90 Å². The van der Waals surface area contributed by atoms with Gasteiger partial charge in [0.15, 0.2) is 0 Å². The Morgan fingerprint density at radius 1 is 1.47 bits per heavy atom. The molecular weight excluding hydrogens is 249 g/mol. The molecule has 1 aliphatic rings. The molecule has 0 saturated carbocycles. The molecule has 6 heteroatoms. The number of piperidine rings is 1. The Hall–Kier alpha value is -1.69. The van der Waals surface area contributed by atoms with Crippen molar-refractivity contribution in [3.05, 3.63) is 34.1 Å². The largest absolute Gasteiger partial charge is 0.379 e. The van der Waals surface area contributed by atoms with Gasteiger partial charge < -0.3 is 10.2 Å². The molecule has 0 amide bonds. The van der Waals surface area contributed by atoms with Gasteiger partial charge in [0.2, 0.25) is 0 Å². The van der Waals surface area contributed by atoms with Crippen molar-refractivity contribution in [2.24, 2.45) is 5.92 Å². The highest BCUT2D eigenvalue weighted by molar-refractivity contribution is 5.61. The second kappa shape index (κ2) is 5.97. The van der Waals surface area contributed by atoms with Crippen LogP contribution in [-0.4, -0.2) is 36.5 Å². The van der Waals surface area contributed by atoms with E-state index in [0.717, 1.165) is 32.0 Å². The molecule has 0 aliphatic carbocycles. The second-order valence-corrected chi connectivity index (χ2v) is 5.05. The first kappa shape index (κ1) is 13.7. The lowest BCUT2D eigenvalue weighted by Crippen LogP contribution is -2.33. The van der Waals surface area contributed by atoms with Crippen LogP contribution in [0.2, 0.25) is 0 Å². The van der Waals surface area contributed by atoms with Crippen LogP contribution in [0.5, 0.6) is 0 Å². The Morgan fingerprint density at radius 3 is 2.79 bits per heavy atom. The van der Waals surface area contributed by atoms with Gasteiger partial charge in [-0.1, -0.05) is 0 Å².